The van der Waals surface area contributed by atoms with Crippen molar-refractivity contribution in [2.45, 2.75) is 12.6 Å². The number of ether oxygens (including phenoxy) is 2. The Balaban J connectivity index is 1.52. The third-order valence-corrected chi connectivity index (χ3v) is 5.03. The number of rotatable bonds is 6. The van der Waals surface area contributed by atoms with E-state index < -0.39 is 6.04 Å². The maximum atomic E-state index is 13.1. The van der Waals surface area contributed by atoms with Gasteiger partial charge in [0.15, 0.2) is 17.5 Å². The Morgan fingerprint density at radius 3 is 2.45 bits per heavy atom. The van der Waals surface area contributed by atoms with Gasteiger partial charge in [-0.1, -0.05) is 53.5 Å². The fraction of sp³-hybridized carbons (Fsp3) is 0.136. The van der Waals surface area contributed by atoms with Crippen molar-refractivity contribution < 1.29 is 19.6 Å². The molecule has 0 saturated heterocycles. The van der Waals surface area contributed by atoms with Gasteiger partial charge in [0.05, 0.1) is 0 Å². The first-order chi connectivity index (χ1) is 14.1. The quantitative estimate of drug-likeness (QED) is 0.617. The number of quaternary nitrogens is 1. The summed E-state index contributed by atoms with van der Waals surface area (Å²) in [6.07, 6.45) is 0. The van der Waals surface area contributed by atoms with Crippen LogP contribution in [0.3, 0.4) is 0 Å². The number of anilines is 1. The maximum Gasteiger partial charge on any atom is 0.287 e. The third-order valence-electron chi connectivity index (χ3n) is 4.60. The lowest BCUT2D eigenvalue weighted by Gasteiger charge is -2.16. The molecule has 3 aromatic rings. The zero-order valence-electron chi connectivity index (χ0n) is 15.4. The fourth-order valence-electron chi connectivity index (χ4n) is 3.22. The minimum absolute atomic E-state index is 0.157. The number of amides is 1. The van der Waals surface area contributed by atoms with Gasteiger partial charge in [-0.3, -0.25) is 4.79 Å². The van der Waals surface area contributed by atoms with Gasteiger partial charge >= 0.3 is 0 Å². The number of benzene rings is 3. The standard InChI is InChI=1S/C22H18Cl2N2O3/c23-16-9-17(24)11-18(10-16)26-22(27)21(15-4-2-1-3-5-15)25-12-14-6-7-19-20(8-14)29-13-28-19/h1-11,21,25H,12-13H2,(H,26,27)/p+1/t21-/m1/s1. The predicted molar refractivity (Wildman–Crippen MR) is 112 cm³/mol. The van der Waals surface area contributed by atoms with Gasteiger partial charge in [-0.15, -0.1) is 0 Å². The molecule has 0 bridgehead atoms. The zero-order valence-corrected chi connectivity index (χ0v) is 16.9. The van der Waals surface area contributed by atoms with Crippen LogP contribution in [-0.2, 0) is 11.3 Å². The van der Waals surface area contributed by atoms with Gasteiger partial charge in [0.1, 0.15) is 6.54 Å². The number of hydrogen-bond acceptors (Lipinski definition) is 3. The van der Waals surface area contributed by atoms with E-state index in [0.717, 1.165) is 22.6 Å². The van der Waals surface area contributed by atoms with Crippen LogP contribution in [0.15, 0.2) is 66.7 Å². The van der Waals surface area contributed by atoms with Crippen LogP contribution in [0.1, 0.15) is 17.2 Å². The number of fused-ring (bicyclic) bond motifs is 1. The van der Waals surface area contributed by atoms with Gasteiger partial charge in [-0.25, -0.2) is 0 Å². The van der Waals surface area contributed by atoms with Crippen LogP contribution in [-0.4, -0.2) is 12.7 Å². The second-order valence-electron chi connectivity index (χ2n) is 6.66. The molecule has 0 saturated carbocycles. The van der Waals surface area contributed by atoms with Crippen molar-refractivity contribution in [1.82, 2.24) is 0 Å². The SMILES string of the molecule is O=C(Nc1cc(Cl)cc(Cl)c1)[C@H]([NH2+]Cc1ccc2c(c1)OCO2)c1ccccc1. The van der Waals surface area contributed by atoms with Crippen LogP contribution in [0.25, 0.3) is 0 Å². The lowest BCUT2D eigenvalue weighted by atomic mass is 10.1. The predicted octanol–water partition coefficient (Wildman–Crippen LogP) is 4.17. The molecule has 148 valence electrons. The van der Waals surface area contributed by atoms with E-state index >= 15 is 0 Å². The summed E-state index contributed by atoms with van der Waals surface area (Å²) >= 11 is 12.1. The highest BCUT2D eigenvalue weighted by atomic mass is 35.5. The number of nitrogens with one attached hydrogen (secondary N) is 1. The summed E-state index contributed by atoms with van der Waals surface area (Å²) in [6.45, 7) is 0.833. The summed E-state index contributed by atoms with van der Waals surface area (Å²) in [6, 6.07) is 20.0. The molecule has 1 heterocycles. The Morgan fingerprint density at radius 2 is 1.69 bits per heavy atom. The monoisotopic (exact) mass is 429 g/mol. The first kappa shape index (κ1) is 19.6. The summed E-state index contributed by atoms with van der Waals surface area (Å²) in [5, 5.41) is 5.83. The second kappa shape index (κ2) is 8.74. The highest BCUT2D eigenvalue weighted by Gasteiger charge is 2.25. The van der Waals surface area contributed by atoms with E-state index in [1.165, 1.54) is 0 Å². The summed E-state index contributed by atoms with van der Waals surface area (Å²) in [7, 11) is 0. The van der Waals surface area contributed by atoms with E-state index in [1.807, 2.05) is 53.8 Å². The van der Waals surface area contributed by atoms with Crippen molar-refractivity contribution in [3.05, 3.63) is 87.9 Å². The molecule has 0 radical (unpaired) electrons. The maximum absolute atomic E-state index is 13.1. The summed E-state index contributed by atoms with van der Waals surface area (Å²) in [5.41, 5.74) is 2.50. The number of carbonyl (C=O) groups is 1. The van der Waals surface area contributed by atoms with E-state index in [1.54, 1.807) is 18.2 Å². The van der Waals surface area contributed by atoms with Gasteiger partial charge in [0.2, 0.25) is 6.79 Å². The Labute approximate surface area is 178 Å². The van der Waals surface area contributed by atoms with Crippen LogP contribution in [0.5, 0.6) is 11.5 Å². The van der Waals surface area contributed by atoms with E-state index in [9.17, 15) is 4.79 Å². The van der Waals surface area contributed by atoms with Crippen LogP contribution in [0.4, 0.5) is 5.69 Å². The summed E-state index contributed by atoms with van der Waals surface area (Å²) in [4.78, 5) is 13.1. The molecule has 5 nitrogen and oxygen atoms in total. The molecule has 3 N–H and O–H groups in total. The van der Waals surface area contributed by atoms with Crippen molar-refractivity contribution in [2.24, 2.45) is 0 Å². The van der Waals surface area contributed by atoms with Crippen molar-refractivity contribution in [2.75, 3.05) is 12.1 Å². The lowest BCUT2D eigenvalue weighted by Crippen LogP contribution is -2.85. The molecule has 3 aromatic carbocycles. The minimum atomic E-state index is -0.445. The Bertz CT molecular complexity index is 1010. The molecular weight excluding hydrogens is 411 g/mol. The Morgan fingerprint density at radius 1 is 0.966 bits per heavy atom. The summed E-state index contributed by atoms with van der Waals surface area (Å²) < 4.78 is 10.8. The number of nitrogens with two attached hydrogens (primary N) is 1. The largest absolute Gasteiger partial charge is 0.454 e. The molecule has 0 aliphatic carbocycles. The highest BCUT2D eigenvalue weighted by molar-refractivity contribution is 6.35. The molecule has 0 fully saturated rings. The minimum Gasteiger partial charge on any atom is -0.454 e. The van der Waals surface area contributed by atoms with Gasteiger partial charge in [0, 0.05) is 26.9 Å². The lowest BCUT2D eigenvalue weighted by molar-refractivity contribution is -0.697. The normalized spacial score (nSPS) is 13.2. The Kier molecular flexibility index (Phi) is 5.90. The van der Waals surface area contributed by atoms with Crippen molar-refractivity contribution in [1.29, 1.82) is 0 Å². The first-order valence-electron chi connectivity index (χ1n) is 9.12. The number of carbonyl (C=O) groups excluding carboxylic acids is 1. The van der Waals surface area contributed by atoms with Crippen molar-refractivity contribution in [3.63, 3.8) is 0 Å². The average Bonchev–Trinajstić information content (AvgIpc) is 3.16. The number of hydrogen-bond donors (Lipinski definition) is 2. The molecule has 1 amide bonds. The first-order valence-corrected chi connectivity index (χ1v) is 9.88. The highest BCUT2D eigenvalue weighted by Crippen LogP contribution is 2.32. The average molecular weight is 430 g/mol. The molecule has 1 aliphatic heterocycles. The van der Waals surface area contributed by atoms with Crippen LogP contribution >= 0.6 is 23.2 Å². The number of halogens is 2. The second-order valence-corrected chi connectivity index (χ2v) is 7.54. The molecular formula is C22H19Cl2N2O3+. The molecule has 1 aliphatic rings. The van der Waals surface area contributed by atoms with Crippen molar-refractivity contribution >= 4 is 34.8 Å². The molecule has 0 unspecified atom stereocenters. The van der Waals surface area contributed by atoms with E-state index in [-0.39, 0.29) is 12.7 Å². The molecule has 0 spiro atoms. The van der Waals surface area contributed by atoms with E-state index in [0.29, 0.717) is 22.3 Å². The molecule has 0 aromatic heterocycles. The van der Waals surface area contributed by atoms with Crippen LogP contribution in [0, 0.1) is 0 Å². The van der Waals surface area contributed by atoms with E-state index in [2.05, 4.69) is 5.32 Å². The van der Waals surface area contributed by atoms with Crippen LogP contribution in [0.2, 0.25) is 10.0 Å². The Hall–Kier alpha value is -2.73. The van der Waals surface area contributed by atoms with Gasteiger partial charge < -0.3 is 20.1 Å². The van der Waals surface area contributed by atoms with Gasteiger partial charge in [-0.2, -0.15) is 0 Å². The summed E-state index contributed by atoms with van der Waals surface area (Å²) in [5.74, 6) is 1.31. The zero-order chi connectivity index (χ0) is 20.2. The fourth-order valence-corrected chi connectivity index (χ4v) is 3.75. The van der Waals surface area contributed by atoms with Gasteiger partial charge in [0.25, 0.3) is 5.91 Å². The molecule has 1 atom stereocenters. The van der Waals surface area contributed by atoms with E-state index in [4.69, 9.17) is 32.7 Å². The molecule has 4 rings (SSSR count). The molecule has 7 heteroatoms. The topological polar surface area (TPSA) is 64.2 Å². The molecule has 29 heavy (non-hydrogen) atoms. The third kappa shape index (κ3) is 4.82. The smallest absolute Gasteiger partial charge is 0.287 e. The van der Waals surface area contributed by atoms with Crippen LogP contribution < -0.4 is 20.1 Å². The van der Waals surface area contributed by atoms with Crippen molar-refractivity contribution in [3.8, 4) is 11.5 Å². The van der Waals surface area contributed by atoms with Gasteiger partial charge in [-0.05, 0) is 36.4 Å².